The van der Waals surface area contributed by atoms with Crippen LogP contribution in [0.15, 0.2) is 42.5 Å². The lowest BCUT2D eigenvalue weighted by Crippen LogP contribution is -2.06. The fourth-order valence-electron chi connectivity index (χ4n) is 2.66. The van der Waals surface area contributed by atoms with Crippen LogP contribution in [-0.2, 0) is 16.0 Å². The normalized spacial score (nSPS) is 11.7. The molecule has 140 valence electrons. The monoisotopic (exact) mass is 356 g/mol. The molecule has 0 spiro atoms. The third-order valence-electron chi connectivity index (χ3n) is 4.23. The maximum absolute atomic E-state index is 11.5. The van der Waals surface area contributed by atoms with Gasteiger partial charge in [-0.25, -0.2) is 4.98 Å². The Balaban J connectivity index is 1.78. The number of anilines is 1. The van der Waals surface area contributed by atoms with E-state index in [1.807, 2.05) is 44.3 Å². The molecule has 1 heterocycles. The predicted octanol–water partition coefficient (Wildman–Crippen LogP) is 4.19. The SMILES string of the molecule is CCOC(=O)CCC(C)c1ccc(OCCc2cccc(NC)n2)cc1. The van der Waals surface area contributed by atoms with Gasteiger partial charge in [0.2, 0.25) is 0 Å². The molecule has 0 aliphatic rings. The average Bonchev–Trinajstić information content (AvgIpc) is 2.67. The summed E-state index contributed by atoms with van der Waals surface area (Å²) in [6.45, 7) is 4.97. The van der Waals surface area contributed by atoms with Crippen molar-refractivity contribution < 1.29 is 14.3 Å². The van der Waals surface area contributed by atoms with Crippen molar-refractivity contribution in [2.24, 2.45) is 0 Å². The lowest BCUT2D eigenvalue weighted by Gasteiger charge is -2.13. The van der Waals surface area contributed by atoms with Crippen molar-refractivity contribution in [3.8, 4) is 5.75 Å². The van der Waals surface area contributed by atoms with Crippen LogP contribution in [0.4, 0.5) is 5.82 Å². The van der Waals surface area contributed by atoms with E-state index in [9.17, 15) is 4.79 Å². The van der Waals surface area contributed by atoms with Gasteiger partial charge in [-0.1, -0.05) is 25.1 Å². The van der Waals surface area contributed by atoms with Crippen LogP contribution in [0.3, 0.4) is 0 Å². The minimum atomic E-state index is -0.129. The smallest absolute Gasteiger partial charge is 0.305 e. The van der Waals surface area contributed by atoms with Gasteiger partial charge in [-0.15, -0.1) is 0 Å². The first-order valence-electron chi connectivity index (χ1n) is 9.14. The summed E-state index contributed by atoms with van der Waals surface area (Å²) < 4.78 is 10.8. The molecule has 2 aromatic rings. The largest absolute Gasteiger partial charge is 0.493 e. The Kier molecular flexibility index (Phi) is 7.93. The van der Waals surface area contributed by atoms with Crippen molar-refractivity contribution in [2.75, 3.05) is 25.6 Å². The Bertz CT molecular complexity index is 686. The third-order valence-corrected chi connectivity index (χ3v) is 4.23. The van der Waals surface area contributed by atoms with Gasteiger partial charge in [0, 0.05) is 25.6 Å². The summed E-state index contributed by atoms with van der Waals surface area (Å²) in [4.78, 5) is 15.9. The first-order valence-corrected chi connectivity index (χ1v) is 9.14. The molecule has 26 heavy (non-hydrogen) atoms. The highest BCUT2D eigenvalue weighted by Gasteiger charge is 2.09. The van der Waals surface area contributed by atoms with Crippen LogP contribution >= 0.6 is 0 Å². The van der Waals surface area contributed by atoms with Gasteiger partial charge in [0.1, 0.15) is 11.6 Å². The number of hydrogen-bond acceptors (Lipinski definition) is 5. The van der Waals surface area contributed by atoms with Crippen molar-refractivity contribution in [1.82, 2.24) is 4.98 Å². The zero-order valence-electron chi connectivity index (χ0n) is 15.8. The number of carbonyl (C=O) groups is 1. The van der Waals surface area contributed by atoms with Gasteiger partial charge in [0.15, 0.2) is 0 Å². The fourth-order valence-corrected chi connectivity index (χ4v) is 2.66. The van der Waals surface area contributed by atoms with Crippen molar-refractivity contribution in [3.63, 3.8) is 0 Å². The van der Waals surface area contributed by atoms with E-state index in [2.05, 4.69) is 29.4 Å². The molecule has 0 aliphatic carbocycles. The molecule has 1 aromatic heterocycles. The van der Waals surface area contributed by atoms with Crippen LogP contribution < -0.4 is 10.1 Å². The summed E-state index contributed by atoms with van der Waals surface area (Å²) in [6, 6.07) is 14.0. The van der Waals surface area contributed by atoms with Crippen LogP contribution in [0.25, 0.3) is 0 Å². The summed E-state index contributed by atoms with van der Waals surface area (Å²) in [5.41, 5.74) is 2.20. The Morgan fingerprint density at radius 2 is 1.96 bits per heavy atom. The number of esters is 1. The molecule has 1 N–H and O–H groups in total. The van der Waals surface area contributed by atoms with Crippen molar-refractivity contribution in [1.29, 1.82) is 0 Å². The molecule has 0 saturated heterocycles. The lowest BCUT2D eigenvalue weighted by molar-refractivity contribution is -0.143. The van der Waals surface area contributed by atoms with Gasteiger partial charge in [-0.3, -0.25) is 4.79 Å². The Hall–Kier alpha value is -2.56. The van der Waals surface area contributed by atoms with E-state index in [0.29, 0.717) is 25.6 Å². The molecule has 5 nitrogen and oxygen atoms in total. The molecular weight excluding hydrogens is 328 g/mol. The molecule has 0 saturated carbocycles. The van der Waals surface area contributed by atoms with E-state index in [1.54, 1.807) is 0 Å². The number of aromatic nitrogens is 1. The zero-order valence-corrected chi connectivity index (χ0v) is 15.8. The van der Waals surface area contributed by atoms with Crippen LogP contribution in [0.1, 0.15) is 43.9 Å². The van der Waals surface area contributed by atoms with E-state index < -0.39 is 0 Å². The second-order valence-electron chi connectivity index (χ2n) is 6.18. The van der Waals surface area contributed by atoms with E-state index in [4.69, 9.17) is 9.47 Å². The quantitative estimate of drug-likeness (QED) is 0.647. The van der Waals surface area contributed by atoms with Crippen LogP contribution in [-0.4, -0.2) is 31.2 Å². The molecule has 0 aliphatic heterocycles. The summed E-state index contributed by atoms with van der Waals surface area (Å²) in [5, 5.41) is 3.04. The highest BCUT2D eigenvalue weighted by atomic mass is 16.5. The van der Waals surface area contributed by atoms with Crippen molar-refractivity contribution in [3.05, 3.63) is 53.7 Å². The molecule has 2 rings (SSSR count). The van der Waals surface area contributed by atoms with Gasteiger partial charge >= 0.3 is 5.97 Å². The zero-order chi connectivity index (χ0) is 18.8. The minimum Gasteiger partial charge on any atom is -0.493 e. The second-order valence-corrected chi connectivity index (χ2v) is 6.18. The fraction of sp³-hybridized carbons (Fsp3) is 0.429. The average molecular weight is 356 g/mol. The summed E-state index contributed by atoms with van der Waals surface area (Å²) in [5.74, 6) is 1.89. The molecule has 5 heteroatoms. The number of benzene rings is 1. The molecule has 1 aromatic carbocycles. The minimum absolute atomic E-state index is 0.129. The summed E-state index contributed by atoms with van der Waals surface area (Å²) >= 11 is 0. The number of pyridine rings is 1. The first-order chi connectivity index (χ1) is 12.6. The topological polar surface area (TPSA) is 60.5 Å². The lowest BCUT2D eigenvalue weighted by atomic mass is 9.96. The van der Waals surface area contributed by atoms with Gasteiger partial charge < -0.3 is 14.8 Å². The second kappa shape index (κ2) is 10.4. The third kappa shape index (κ3) is 6.39. The van der Waals surface area contributed by atoms with Gasteiger partial charge in [0.05, 0.1) is 13.2 Å². The number of ether oxygens (including phenoxy) is 2. The molecule has 0 bridgehead atoms. The highest BCUT2D eigenvalue weighted by molar-refractivity contribution is 5.69. The van der Waals surface area contributed by atoms with Gasteiger partial charge in [-0.05, 0) is 49.1 Å². The van der Waals surface area contributed by atoms with Crippen LogP contribution in [0.5, 0.6) is 5.75 Å². The molecule has 1 atom stereocenters. The summed E-state index contributed by atoms with van der Waals surface area (Å²) in [6.07, 6.45) is 1.99. The molecular formula is C21H28N2O3. The summed E-state index contributed by atoms with van der Waals surface area (Å²) in [7, 11) is 1.86. The number of hydrogen-bond donors (Lipinski definition) is 1. The van der Waals surface area contributed by atoms with Gasteiger partial charge in [0.25, 0.3) is 0 Å². The number of carbonyl (C=O) groups excluding carboxylic acids is 1. The van der Waals surface area contributed by atoms with Crippen LogP contribution in [0.2, 0.25) is 0 Å². The number of nitrogens with zero attached hydrogens (tertiary/aromatic N) is 1. The molecule has 0 amide bonds. The van der Waals surface area contributed by atoms with Gasteiger partial charge in [-0.2, -0.15) is 0 Å². The highest BCUT2D eigenvalue weighted by Crippen LogP contribution is 2.23. The molecule has 0 radical (unpaired) electrons. The maximum atomic E-state index is 11.5. The molecule has 0 fully saturated rings. The standard InChI is InChI=1S/C21H28N2O3/c1-4-25-21(24)13-8-16(2)17-9-11-19(12-10-17)26-15-14-18-6-5-7-20(22-3)23-18/h5-7,9-12,16H,4,8,13-15H2,1-3H3,(H,22,23). The predicted molar refractivity (Wildman–Crippen MR) is 104 cm³/mol. The van der Waals surface area contributed by atoms with E-state index in [-0.39, 0.29) is 5.97 Å². The van der Waals surface area contributed by atoms with E-state index in [1.165, 1.54) is 5.56 Å². The van der Waals surface area contributed by atoms with Crippen LogP contribution in [0, 0.1) is 0 Å². The Morgan fingerprint density at radius 3 is 2.65 bits per heavy atom. The Morgan fingerprint density at radius 1 is 1.19 bits per heavy atom. The molecule has 1 unspecified atom stereocenters. The van der Waals surface area contributed by atoms with E-state index >= 15 is 0 Å². The van der Waals surface area contributed by atoms with E-state index in [0.717, 1.165) is 30.1 Å². The van der Waals surface area contributed by atoms with Crippen molar-refractivity contribution in [2.45, 2.75) is 39.0 Å². The van der Waals surface area contributed by atoms with Crippen molar-refractivity contribution >= 4 is 11.8 Å². The number of rotatable bonds is 10. The number of nitrogens with one attached hydrogen (secondary N) is 1. The maximum Gasteiger partial charge on any atom is 0.305 e. The Labute approximate surface area is 155 Å². The first kappa shape index (κ1) is 19.8.